The monoisotopic (exact) mass is 398 g/mol. The van der Waals surface area contributed by atoms with Gasteiger partial charge in [-0.3, -0.25) is 10.1 Å². The lowest BCUT2D eigenvalue weighted by atomic mass is 10.0. The number of para-hydroxylation sites is 2. The number of nitrogens with one attached hydrogen (secondary N) is 2. The van der Waals surface area contributed by atoms with Gasteiger partial charge in [0.1, 0.15) is 5.75 Å². The Balaban J connectivity index is 1.64. The molecule has 0 aromatic heterocycles. The topological polar surface area (TPSA) is 50.4 Å². The van der Waals surface area contributed by atoms with Crippen molar-refractivity contribution in [3.8, 4) is 16.9 Å². The van der Waals surface area contributed by atoms with Crippen LogP contribution in [-0.4, -0.2) is 17.6 Å². The molecular weight excluding hydrogens is 382 g/mol. The second-order valence-electron chi connectivity index (χ2n) is 5.73. The van der Waals surface area contributed by atoms with E-state index in [4.69, 9.17) is 12.2 Å². The number of ether oxygens (including phenoxy) is 1. The van der Waals surface area contributed by atoms with Gasteiger partial charge in [0.25, 0.3) is 5.91 Å². The van der Waals surface area contributed by atoms with Gasteiger partial charge in [-0.05, 0) is 47.6 Å². The molecule has 3 rings (SSSR count). The van der Waals surface area contributed by atoms with E-state index in [-0.39, 0.29) is 16.5 Å². The molecule has 0 unspecified atom stereocenters. The fourth-order valence-corrected chi connectivity index (χ4v) is 2.74. The Kier molecular flexibility index (Phi) is 6.29. The number of hydrogen-bond donors (Lipinski definition) is 2. The summed E-state index contributed by atoms with van der Waals surface area (Å²) in [5.74, 6) is -0.481. The minimum atomic E-state index is -2.96. The Morgan fingerprint density at radius 3 is 2.14 bits per heavy atom. The average molecular weight is 398 g/mol. The summed E-state index contributed by atoms with van der Waals surface area (Å²) in [5, 5.41) is 5.19. The van der Waals surface area contributed by atoms with Crippen LogP contribution in [0.2, 0.25) is 0 Å². The zero-order chi connectivity index (χ0) is 19.9. The largest absolute Gasteiger partial charge is 0.433 e. The summed E-state index contributed by atoms with van der Waals surface area (Å²) in [6, 6.07) is 22.9. The van der Waals surface area contributed by atoms with E-state index in [0.717, 1.165) is 11.1 Å². The molecule has 1 amide bonds. The van der Waals surface area contributed by atoms with Crippen molar-refractivity contribution >= 4 is 28.9 Å². The zero-order valence-corrected chi connectivity index (χ0v) is 15.4. The van der Waals surface area contributed by atoms with Crippen LogP contribution in [0.3, 0.4) is 0 Å². The fraction of sp³-hybridized carbons (Fsp3) is 0.0476. The maximum absolute atomic E-state index is 12.5. The van der Waals surface area contributed by atoms with Gasteiger partial charge < -0.3 is 10.1 Å². The predicted octanol–water partition coefficient (Wildman–Crippen LogP) is 5.08. The maximum Gasteiger partial charge on any atom is 0.387 e. The highest BCUT2D eigenvalue weighted by atomic mass is 32.1. The highest BCUT2D eigenvalue weighted by molar-refractivity contribution is 7.80. The molecule has 28 heavy (non-hydrogen) atoms. The van der Waals surface area contributed by atoms with Gasteiger partial charge in [-0.1, -0.05) is 54.6 Å². The van der Waals surface area contributed by atoms with Gasteiger partial charge in [0.05, 0.1) is 5.69 Å². The summed E-state index contributed by atoms with van der Waals surface area (Å²) in [4.78, 5) is 12.4. The molecule has 142 valence electrons. The van der Waals surface area contributed by atoms with Crippen molar-refractivity contribution in [1.29, 1.82) is 0 Å². The molecule has 0 saturated heterocycles. The molecule has 7 heteroatoms. The molecule has 0 saturated carbocycles. The lowest BCUT2D eigenvalue weighted by Gasteiger charge is -2.14. The number of carbonyl (C=O) groups excluding carboxylic acids is 1. The number of carbonyl (C=O) groups is 1. The van der Waals surface area contributed by atoms with E-state index in [0.29, 0.717) is 5.56 Å². The number of amides is 1. The Morgan fingerprint density at radius 1 is 0.857 bits per heavy atom. The Bertz CT molecular complexity index is 964. The zero-order valence-electron chi connectivity index (χ0n) is 14.6. The molecule has 0 spiro atoms. The molecule has 2 N–H and O–H groups in total. The summed E-state index contributed by atoms with van der Waals surface area (Å²) in [5.41, 5.74) is 2.67. The maximum atomic E-state index is 12.5. The number of anilines is 1. The van der Waals surface area contributed by atoms with Crippen LogP contribution in [0.4, 0.5) is 14.5 Å². The van der Waals surface area contributed by atoms with Gasteiger partial charge in [-0.2, -0.15) is 8.78 Å². The van der Waals surface area contributed by atoms with Gasteiger partial charge in [0.2, 0.25) is 0 Å². The van der Waals surface area contributed by atoms with Crippen LogP contribution in [0.25, 0.3) is 11.1 Å². The molecule has 4 nitrogen and oxygen atoms in total. The predicted molar refractivity (Wildman–Crippen MR) is 109 cm³/mol. The number of hydrogen-bond acceptors (Lipinski definition) is 3. The lowest BCUT2D eigenvalue weighted by Crippen LogP contribution is -2.34. The van der Waals surface area contributed by atoms with Gasteiger partial charge in [-0.15, -0.1) is 0 Å². The second kappa shape index (κ2) is 9.05. The number of alkyl halides is 2. The smallest absolute Gasteiger partial charge is 0.387 e. The van der Waals surface area contributed by atoms with Crippen LogP contribution >= 0.6 is 12.2 Å². The molecule has 0 aliphatic carbocycles. The lowest BCUT2D eigenvalue weighted by molar-refractivity contribution is -0.0493. The quantitative estimate of drug-likeness (QED) is 0.589. The van der Waals surface area contributed by atoms with E-state index in [1.165, 1.54) is 12.1 Å². The number of benzene rings is 3. The first kappa shape index (κ1) is 19.4. The first-order valence-corrected chi connectivity index (χ1v) is 8.75. The number of rotatable bonds is 5. The summed E-state index contributed by atoms with van der Waals surface area (Å²) in [7, 11) is 0. The molecule has 0 atom stereocenters. The molecule has 0 radical (unpaired) electrons. The summed E-state index contributed by atoms with van der Waals surface area (Å²) < 4.78 is 29.4. The number of halogens is 2. The standard InChI is InChI=1S/C21H16F2N2O2S/c22-20(23)27-18-9-5-4-8-17(18)24-21(28)25-19(26)16-12-10-15(11-13-16)14-6-2-1-3-7-14/h1-13,20H,(H2,24,25,26,28). The van der Waals surface area contributed by atoms with Crippen molar-refractivity contribution in [2.75, 3.05) is 5.32 Å². The fourth-order valence-electron chi connectivity index (χ4n) is 2.54. The molecule has 0 aliphatic heterocycles. The van der Waals surface area contributed by atoms with Crippen LogP contribution < -0.4 is 15.4 Å². The molecule has 0 bridgehead atoms. The molecule has 3 aromatic carbocycles. The van der Waals surface area contributed by atoms with Crippen LogP contribution in [-0.2, 0) is 0 Å². The van der Waals surface area contributed by atoms with E-state index in [1.54, 1.807) is 24.3 Å². The van der Waals surface area contributed by atoms with Crippen LogP contribution in [0, 0.1) is 0 Å². The molecular formula is C21H16F2N2O2S. The van der Waals surface area contributed by atoms with Gasteiger partial charge in [0, 0.05) is 5.56 Å². The molecule has 0 aliphatic rings. The van der Waals surface area contributed by atoms with Crippen LogP contribution in [0.5, 0.6) is 5.75 Å². The van der Waals surface area contributed by atoms with Gasteiger partial charge >= 0.3 is 6.61 Å². The van der Waals surface area contributed by atoms with Crippen molar-refractivity contribution < 1.29 is 18.3 Å². The van der Waals surface area contributed by atoms with Crippen molar-refractivity contribution in [1.82, 2.24) is 5.32 Å². The van der Waals surface area contributed by atoms with Crippen molar-refractivity contribution in [3.63, 3.8) is 0 Å². The first-order chi connectivity index (χ1) is 13.5. The molecule has 3 aromatic rings. The Morgan fingerprint density at radius 2 is 1.46 bits per heavy atom. The van der Waals surface area contributed by atoms with Crippen molar-refractivity contribution in [2.24, 2.45) is 0 Å². The minimum absolute atomic E-state index is 0.0255. The third-order valence-corrected chi connectivity index (χ3v) is 4.04. The van der Waals surface area contributed by atoms with E-state index in [1.807, 2.05) is 42.5 Å². The van der Waals surface area contributed by atoms with E-state index >= 15 is 0 Å². The highest BCUT2D eigenvalue weighted by Crippen LogP contribution is 2.25. The third-order valence-electron chi connectivity index (χ3n) is 3.83. The summed E-state index contributed by atoms with van der Waals surface area (Å²) in [6.45, 7) is -2.96. The average Bonchev–Trinajstić information content (AvgIpc) is 2.70. The van der Waals surface area contributed by atoms with Crippen LogP contribution in [0.1, 0.15) is 10.4 Å². The van der Waals surface area contributed by atoms with Crippen molar-refractivity contribution in [2.45, 2.75) is 6.61 Å². The Hall–Kier alpha value is -3.32. The number of thiocarbonyl (C=S) groups is 1. The molecule has 0 fully saturated rings. The molecule has 0 heterocycles. The van der Waals surface area contributed by atoms with Crippen molar-refractivity contribution in [3.05, 3.63) is 84.4 Å². The Labute approximate surface area is 166 Å². The van der Waals surface area contributed by atoms with E-state index in [9.17, 15) is 13.6 Å². The van der Waals surface area contributed by atoms with E-state index in [2.05, 4.69) is 15.4 Å². The normalized spacial score (nSPS) is 10.4. The van der Waals surface area contributed by atoms with Gasteiger partial charge in [0.15, 0.2) is 5.11 Å². The summed E-state index contributed by atoms with van der Waals surface area (Å²) in [6.07, 6.45) is 0. The minimum Gasteiger partial charge on any atom is -0.433 e. The first-order valence-electron chi connectivity index (χ1n) is 8.34. The highest BCUT2D eigenvalue weighted by Gasteiger charge is 2.12. The summed E-state index contributed by atoms with van der Waals surface area (Å²) >= 11 is 5.10. The van der Waals surface area contributed by atoms with Crippen LogP contribution in [0.15, 0.2) is 78.9 Å². The van der Waals surface area contributed by atoms with E-state index < -0.39 is 12.5 Å². The van der Waals surface area contributed by atoms with Gasteiger partial charge in [-0.25, -0.2) is 0 Å². The second-order valence-corrected chi connectivity index (χ2v) is 6.13. The third kappa shape index (κ3) is 5.11. The SMILES string of the molecule is O=C(NC(=S)Nc1ccccc1OC(F)F)c1ccc(-c2ccccc2)cc1.